The molecule has 0 amide bonds. The van der Waals surface area contributed by atoms with Gasteiger partial charge < -0.3 is 0 Å². The van der Waals surface area contributed by atoms with Crippen molar-refractivity contribution in [1.29, 1.82) is 5.26 Å². The Morgan fingerprint density at radius 2 is 1.22 bits per heavy atom. The smallest absolute Gasteiger partial charge is 0.235 e. The minimum atomic E-state index is -0.0421. The van der Waals surface area contributed by atoms with Crippen LogP contribution in [-0.2, 0) is 5.41 Å². The fourth-order valence-electron chi connectivity index (χ4n) is 8.09. The number of fused-ring (bicyclic) bond motifs is 8. The first kappa shape index (κ1) is 28.4. The van der Waals surface area contributed by atoms with Crippen molar-refractivity contribution in [1.82, 2.24) is 14.5 Å². The van der Waals surface area contributed by atoms with Crippen molar-refractivity contribution in [2.45, 2.75) is 19.3 Å². The van der Waals surface area contributed by atoms with Gasteiger partial charge in [0.25, 0.3) is 0 Å². The SMILES string of the molecule is CC1(C)c2ccccc2-c2cc(-c3ccc4c(-c5ccc(C#N)cc5)nc(-n5c6ccccc6c6cc7ccccc7cc65)nc4c3)ccc21. The monoisotopic (exact) mass is 638 g/mol. The zero-order chi connectivity index (χ0) is 33.6. The van der Waals surface area contributed by atoms with Gasteiger partial charge in [0.05, 0.1) is 33.9 Å². The molecule has 4 heteroatoms. The minimum absolute atomic E-state index is 0.0421. The van der Waals surface area contributed by atoms with Crippen LogP contribution in [0.5, 0.6) is 0 Å². The van der Waals surface area contributed by atoms with Crippen LogP contribution >= 0.6 is 0 Å². The van der Waals surface area contributed by atoms with Gasteiger partial charge in [0.2, 0.25) is 5.95 Å². The van der Waals surface area contributed by atoms with Crippen molar-refractivity contribution >= 4 is 43.5 Å². The summed E-state index contributed by atoms with van der Waals surface area (Å²) in [5.74, 6) is 0.611. The molecule has 4 nitrogen and oxygen atoms in total. The summed E-state index contributed by atoms with van der Waals surface area (Å²) in [5, 5.41) is 15.2. The summed E-state index contributed by atoms with van der Waals surface area (Å²) in [6, 6.07) is 53.6. The first-order valence-electron chi connectivity index (χ1n) is 17.0. The van der Waals surface area contributed by atoms with Crippen LogP contribution in [0.3, 0.4) is 0 Å². The molecule has 0 unspecified atom stereocenters. The number of rotatable bonds is 3. The van der Waals surface area contributed by atoms with Crippen LogP contribution < -0.4 is 0 Å². The van der Waals surface area contributed by atoms with Gasteiger partial charge in [0.1, 0.15) is 0 Å². The topological polar surface area (TPSA) is 54.5 Å². The maximum Gasteiger partial charge on any atom is 0.235 e. The van der Waals surface area contributed by atoms with E-state index in [1.807, 2.05) is 24.3 Å². The third kappa shape index (κ3) is 4.11. The van der Waals surface area contributed by atoms with E-state index in [0.29, 0.717) is 11.5 Å². The fraction of sp³-hybridized carbons (Fsp3) is 0.0652. The number of nitrogens with zero attached hydrogens (tertiary/aromatic N) is 4. The largest absolute Gasteiger partial charge is 0.278 e. The molecule has 0 saturated heterocycles. The summed E-state index contributed by atoms with van der Waals surface area (Å²) < 4.78 is 2.20. The average Bonchev–Trinajstić information content (AvgIpc) is 3.60. The lowest BCUT2D eigenvalue weighted by Crippen LogP contribution is -2.14. The predicted molar refractivity (Wildman–Crippen MR) is 205 cm³/mol. The standard InChI is InChI=1S/C46H30N4/c1-46(2)39-13-7-5-11-34(39)37-23-32(20-22-40(37)46)33-19-21-36-41(25-33)48-45(49-44(36)29-17-15-28(27-47)16-18-29)50-42-14-8-6-12-35(42)38-24-30-9-3-4-10-31(30)26-43(38)50/h3-26H,1-2H3. The number of para-hydroxylation sites is 1. The fourth-order valence-corrected chi connectivity index (χ4v) is 8.09. The molecule has 0 bridgehead atoms. The molecule has 1 aliphatic rings. The van der Waals surface area contributed by atoms with Crippen LogP contribution in [-0.4, -0.2) is 14.5 Å². The van der Waals surface area contributed by atoms with Crippen LogP contribution in [0.25, 0.3) is 82.9 Å². The van der Waals surface area contributed by atoms with E-state index < -0.39 is 0 Å². The third-order valence-electron chi connectivity index (χ3n) is 10.6. The van der Waals surface area contributed by atoms with Gasteiger partial charge in [-0.25, -0.2) is 9.97 Å². The highest BCUT2D eigenvalue weighted by atomic mass is 15.2. The summed E-state index contributed by atoms with van der Waals surface area (Å²) in [7, 11) is 0. The van der Waals surface area contributed by atoms with E-state index in [2.05, 4.69) is 146 Å². The molecule has 0 spiro atoms. The molecule has 7 aromatic carbocycles. The van der Waals surface area contributed by atoms with Gasteiger partial charge in [-0.15, -0.1) is 0 Å². The number of aromatic nitrogens is 3. The number of hydrogen-bond acceptors (Lipinski definition) is 3. The molecule has 0 atom stereocenters. The average molecular weight is 639 g/mol. The van der Waals surface area contributed by atoms with E-state index in [9.17, 15) is 5.26 Å². The van der Waals surface area contributed by atoms with Crippen molar-refractivity contribution in [2.75, 3.05) is 0 Å². The van der Waals surface area contributed by atoms with Crippen molar-refractivity contribution in [3.05, 3.63) is 162 Å². The molecular weight excluding hydrogens is 609 g/mol. The highest BCUT2D eigenvalue weighted by Crippen LogP contribution is 2.49. The van der Waals surface area contributed by atoms with E-state index in [-0.39, 0.29) is 5.41 Å². The molecule has 1 aliphatic carbocycles. The highest BCUT2D eigenvalue weighted by molar-refractivity contribution is 6.13. The van der Waals surface area contributed by atoms with Crippen LogP contribution in [0.1, 0.15) is 30.5 Å². The number of hydrogen-bond donors (Lipinski definition) is 0. The van der Waals surface area contributed by atoms with E-state index in [1.54, 1.807) is 0 Å². The van der Waals surface area contributed by atoms with Crippen molar-refractivity contribution in [3.8, 4) is 45.5 Å². The zero-order valence-electron chi connectivity index (χ0n) is 27.6. The lowest BCUT2D eigenvalue weighted by molar-refractivity contribution is 0.660. The van der Waals surface area contributed by atoms with Crippen LogP contribution in [0.2, 0.25) is 0 Å². The van der Waals surface area contributed by atoms with Gasteiger partial charge in [-0.1, -0.05) is 111 Å². The molecule has 0 N–H and O–H groups in total. The third-order valence-corrected chi connectivity index (χ3v) is 10.6. The second-order valence-corrected chi connectivity index (χ2v) is 13.8. The number of benzene rings is 7. The predicted octanol–water partition coefficient (Wildman–Crippen LogP) is 11.4. The van der Waals surface area contributed by atoms with Gasteiger partial charge in [0.15, 0.2) is 0 Å². The molecule has 234 valence electrons. The first-order chi connectivity index (χ1) is 24.5. The van der Waals surface area contributed by atoms with Crippen LogP contribution in [0.15, 0.2) is 146 Å². The zero-order valence-corrected chi connectivity index (χ0v) is 27.6. The molecule has 9 aromatic rings. The van der Waals surface area contributed by atoms with E-state index in [1.165, 1.54) is 33.0 Å². The second-order valence-electron chi connectivity index (χ2n) is 13.8. The molecule has 50 heavy (non-hydrogen) atoms. The first-order valence-corrected chi connectivity index (χ1v) is 17.0. The summed E-state index contributed by atoms with van der Waals surface area (Å²) in [6.07, 6.45) is 0. The molecule has 2 aromatic heterocycles. The van der Waals surface area contributed by atoms with Crippen molar-refractivity contribution in [3.63, 3.8) is 0 Å². The minimum Gasteiger partial charge on any atom is -0.278 e. The van der Waals surface area contributed by atoms with Crippen molar-refractivity contribution < 1.29 is 0 Å². The summed E-state index contributed by atoms with van der Waals surface area (Å²) in [6.45, 7) is 4.63. The quantitative estimate of drug-likeness (QED) is 0.193. The molecule has 0 aliphatic heterocycles. The Bertz CT molecular complexity index is 2900. The lowest BCUT2D eigenvalue weighted by Gasteiger charge is -2.21. The summed E-state index contributed by atoms with van der Waals surface area (Å²) in [4.78, 5) is 10.6. The van der Waals surface area contributed by atoms with Gasteiger partial charge in [-0.05, 0) is 92.7 Å². The highest BCUT2D eigenvalue weighted by Gasteiger charge is 2.35. The van der Waals surface area contributed by atoms with Gasteiger partial charge in [0, 0.05) is 27.1 Å². The second kappa shape index (κ2) is 10.5. The Balaban J connectivity index is 1.23. The molecule has 0 fully saturated rings. The van der Waals surface area contributed by atoms with E-state index >= 15 is 0 Å². The maximum atomic E-state index is 9.52. The normalized spacial score (nSPS) is 13.1. The van der Waals surface area contributed by atoms with Gasteiger partial charge >= 0.3 is 0 Å². The summed E-state index contributed by atoms with van der Waals surface area (Å²) in [5.41, 5.74) is 12.9. The Labute approximate surface area is 289 Å². The Morgan fingerprint density at radius 3 is 2.06 bits per heavy atom. The molecule has 0 saturated carbocycles. The van der Waals surface area contributed by atoms with Gasteiger partial charge in [-0.2, -0.15) is 5.26 Å². The number of nitriles is 1. The Kier molecular flexibility index (Phi) is 5.95. The Morgan fingerprint density at radius 1 is 0.540 bits per heavy atom. The Hall–Kier alpha value is -6.57. The summed E-state index contributed by atoms with van der Waals surface area (Å²) >= 11 is 0. The lowest BCUT2D eigenvalue weighted by atomic mass is 9.82. The molecule has 2 heterocycles. The van der Waals surface area contributed by atoms with Crippen molar-refractivity contribution in [2.24, 2.45) is 0 Å². The molecular formula is C46H30N4. The molecule has 10 rings (SSSR count). The van der Waals surface area contributed by atoms with E-state index in [0.717, 1.165) is 55.1 Å². The maximum absolute atomic E-state index is 9.52. The van der Waals surface area contributed by atoms with E-state index in [4.69, 9.17) is 9.97 Å². The van der Waals surface area contributed by atoms with Gasteiger partial charge in [-0.3, -0.25) is 4.57 Å². The van der Waals surface area contributed by atoms with Crippen LogP contribution in [0.4, 0.5) is 0 Å². The molecule has 0 radical (unpaired) electrons. The van der Waals surface area contributed by atoms with Crippen LogP contribution in [0, 0.1) is 11.3 Å².